The van der Waals surface area contributed by atoms with E-state index in [4.69, 9.17) is 11.6 Å². The van der Waals surface area contributed by atoms with E-state index >= 15 is 0 Å². The molecule has 0 radical (unpaired) electrons. The van der Waals surface area contributed by atoms with Crippen molar-refractivity contribution in [2.75, 3.05) is 10.0 Å². The van der Waals surface area contributed by atoms with Crippen LogP contribution in [0.4, 0.5) is 11.4 Å². The molecule has 3 aromatic rings. The summed E-state index contributed by atoms with van der Waals surface area (Å²) in [5, 5.41) is 3.33. The van der Waals surface area contributed by atoms with Gasteiger partial charge in [-0.25, -0.2) is 8.42 Å². The second-order valence-corrected chi connectivity index (χ2v) is 8.08. The number of carbonyl (C=O) groups is 1. The molecule has 7 heteroatoms. The summed E-state index contributed by atoms with van der Waals surface area (Å²) in [6, 6.07) is 19.5. The van der Waals surface area contributed by atoms with Gasteiger partial charge in [-0.15, -0.1) is 0 Å². The molecule has 0 atom stereocenters. The van der Waals surface area contributed by atoms with Crippen molar-refractivity contribution < 1.29 is 13.2 Å². The van der Waals surface area contributed by atoms with Gasteiger partial charge in [-0.2, -0.15) is 0 Å². The summed E-state index contributed by atoms with van der Waals surface area (Å²) < 4.78 is 27.3. The molecule has 0 saturated heterocycles. The SMILES string of the molecule is Cc1ccc(S(=O)(=O)Nc2ccc(C(=O)Nc3ccc(Cl)cc3)cc2)cc1. The average molecular weight is 401 g/mol. The van der Waals surface area contributed by atoms with E-state index in [0.717, 1.165) is 5.56 Å². The molecule has 0 spiro atoms. The molecule has 138 valence electrons. The van der Waals surface area contributed by atoms with Gasteiger partial charge in [-0.1, -0.05) is 29.3 Å². The van der Waals surface area contributed by atoms with Gasteiger partial charge in [-0.05, 0) is 67.6 Å². The summed E-state index contributed by atoms with van der Waals surface area (Å²) in [5.41, 5.74) is 2.38. The molecule has 0 aromatic heterocycles. The van der Waals surface area contributed by atoms with E-state index in [2.05, 4.69) is 10.0 Å². The maximum atomic E-state index is 12.4. The number of aryl methyl sites for hydroxylation is 1. The van der Waals surface area contributed by atoms with Crippen LogP contribution in [-0.4, -0.2) is 14.3 Å². The summed E-state index contributed by atoms with van der Waals surface area (Å²) >= 11 is 5.82. The predicted molar refractivity (Wildman–Crippen MR) is 108 cm³/mol. The first kappa shape index (κ1) is 18.9. The van der Waals surface area contributed by atoms with Gasteiger partial charge in [0.15, 0.2) is 0 Å². The number of halogens is 1. The lowest BCUT2D eigenvalue weighted by atomic mass is 10.2. The van der Waals surface area contributed by atoms with Gasteiger partial charge in [0.05, 0.1) is 4.90 Å². The zero-order valence-corrected chi connectivity index (χ0v) is 16.0. The van der Waals surface area contributed by atoms with Crippen LogP contribution < -0.4 is 10.0 Å². The Kier molecular flexibility index (Phi) is 5.48. The Balaban J connectivity index is 1.70. The molecule has 0 heterocycles. The highest BCUT2D eigenvalue weighted by atomic mass is 35.5. The predicted octanol–water partition coefficient (Wildman–Crippen LogP) is 4.70. The molecular formula is C20H17ClN2O3S. The van der Waals surface area contributed by atoms with E-state index in [9.17, 15) is 13.2 Å². The topological polar surface area (TPSA) is 75.3 Å². The van der Waals surface area contributed by atoms with E-state index in [-0.39, 0.29) is 10.8 Å². The Bertz CT molecular complexity index is 1050. The molecule has 27 heavy (non-hydrogen) atoms. The number of hydrogen-bond acceptors (Lipinski definition) is 3. The maximum Gasteiger partial charge on any atom is 0.261 e. The first-order chi connectivity index (χ1) is 12.8. The smallest absolute Gasteiger partial charge is 0.261 e. The Morgan fingerprint density at radius 3 is 1.96 bits per heavy atom. The second kappa shape index (κ2) is 7.82. The van der Waals surface area contributed by atoms with Crippen molar-refractivity contribution in [1.29, 1.82) is 0 Å². The third-order valence-electron chi connectivity index (χ3n) is 3.83. The Labute approximate surface area is 163 Å². The van der Waals surface area contributed by atoms with Crippen LogP contribution in [0.5, 0.6) is 0 Å². The Morgan fingerprint density at radius 1 is 0.815 bits per heavy atom. The van der Waals surface area contributed by atoms with Crippen LogP contribution in [-0.2, 0) is 10.0 Å². The number of sulfonamides is 1. The molecule has 3 rings (SSSR count). The molecule has 1 amide bonds. The molecule has 0 fully saturated rings. The highest BCUT2D eigenvalue weighted by Gasteiger charge is 2.14. The minimum Gasteiger partial charge on any atom is -0.322 e. The van der Waals surface area contributed by atoms with Gasteiger partial charge in [0, 0.05) is 22.0 Å². The van der Waals surface area contributed by atoms with E-state index in [1.807, 2.05) is 6.92 Å². The van der Waals surface area contributed by atoms with Crippen LogP contribution >= 0.6 is 11.6 Å². The molecule has 0 aliphatic rings. The van der Waals surface area contributed by atoms with Gasteiger partial charge in [0.1, 0.15) is 0 Å². The molecular weight excluding hydrogens is 384 g/mol. The Hall–Kier alpha value is -2.83. The van der Waals surface area contributed by atoms with Gasteiger partial charge in [0.2, 0.25) is 0 Å². The number of hydrogen-bond donors (Lipinski definition) is 2. The summed E-state index contributed by atoms with van der Waals surface area (Å²) in [7, 11) is -3.68. The number of carbonyl (C=O) groups excluding carboxylic acids is 1. The van der Waals surface area contributed by atoms with E-state index < -0.39 is 10.0 Å². The van der Waals surface area contributed by atoms with Crippen molar-refractivity contribution >= 4 is 38.9 Å². The molecule has 0 aliphatic carbocycles. The van der Waals surface area contributed by atoms with E-state index in [0.29, 0.717) is 22.0 Å². The summed E-state index contributed by atoms with van der Waals surface area (Å²) in [4.78, 5) is 12.4. The molecule has 5 nitrogen and oxygen atoms in total. The molecule has 0 bridgehead atoms. The van der Waals surface area contributed by atoms with Crippen LogP contribution in [0.15, 0.2) is 77.7 Å². The highest BCUT2D eigenvalue weighted by Crippen LogP contribution is 2.18. The minimum absolute atomic E-state index is 0.178. The summed E-state index contributed by atoms with van der Waals surface area (Å²) in [6.45, 7) is 1.89. The largest absolute Gasteiger partial charge is 0.322 e. The fraction of sp³-hybridized carbons (Fsp3) is 0.0500. The van der Waals surface area contributed by atoms with Crippen LogP contribution in [0.25, 0.3) is 0 Å². The molecule has 0 unspecified atom stereocenters. The summed E-state index contributed by atoms with van der Waals surface area (Å²) in [6.07, 6.45) is 0. The third kappa shape index (κ3) is 4.87. The fourth-order valence-corrected chi connectivity index (χ4v) is 3.54. The lowest BCUT2D eigenvalue weighted by Crippen LogP contribution is -2.14. The van der Waals surface area contributed by atoms with Gasteiger partial charge < -0.3 is 5.32 Å². The number of nitrogens with one attached hydrogen (secondary N) is 2. The lowest BCUT2D eigenvalue weighted by Gasteiger charge is -2.09. The van der Waals surface area contributed by atoms with Crippen LogP contribution in [0.3, 0.4) is 0 Å². The van der Waals surface area contributed by atoms with E-state index in [1.165, 1.54) is 0 Å². The normalized spacial score (nSPS) is 11.0. The monoisotopic (exact) mass is 400 g/mol. The van der Waals surface area contributed by atoms with Crippen molar-refractivity contribution in [3.63, 3.8) is 0 Å². The van der Waals surface area contributed by atoms with Crippen LogP contribution in [0.2, 0.25) is 5.02 Å². The second-order valence-electron chi connectivity index (χ2n) is 5.96. The van der Waals surface area contributed by atoms with Crippen molar-refractivity contribution in [2.45, 2.75) is 11.8 Å². The van der Waals surface area contributed by atoms with Crippen molar-refractivity contribution in [3.8, 4) is 0 Å². The van der Waals surface area contributed by atoms with E-state index in [1.54, 1.807) is 72.8 Å². The quantitative estimate of drug-likeness (QED) is 0.651. The van der Waals surface area contributed by atoms with Crippen molar-refractivity contribution in [3.05, 3.63) is 88.9 Å². The minimum atomic E-state index is -3.68. The van der Waals surface area contributed by atoms with Crippen molar-refractivity contribution in [1.82, 2.24) is 0 Å². The van der Waals surface area contributed by atoms with Gasteiger partial charge >= 0.3 is 0 Å². The molecule has 3 aromatic carbocycles. The number of rotatable bonds is 5. The first-order valence-electron chi connectivity index (χ1n) is 8.10. The molecule has 0 aliphatic heterocycles. The molecule has 0 saturated carbocycles. The summed E-state index contributed by atoms with van der Waals surface area (Å²) in [5.74, 6) is -0.301. The number of anilines is 2. The van der Waals surface area contributed by atoms with Gasteiger partial charge in [0.25, 0.3) is 15.9 Å². The average Bonchev–Trinajstić information content (AvgIpc) is 2.64. The van der Waals surface area contributed by atoms with Crippen LogP contribution in [0.1, 0.15) is 15.9 Å². The first-order valence-corrected chi connectivity index (χ1v) is 9.96. The Morgan fingerprint density at radius 2 is 1.37 bits per heavy atom. The number of amides is 1. The number of benzene rings is 3. The maximum absolute atomic E-state index is 12.4. The standard InChI is InChI=1S/C20H17ClN2O3S/c1-14-2-12-19(13-3-14)27(25,26)23-18-8-4-15(5-9-18)20(24)22-17-10-6-16(21)7-11-17/h2-13,23H,1H3,(H,22,24). The lowest BCUT2D eigenvalue weighted by molar-refractivity contribution is 0.102. The fourth-order valence-electron chi connectivity index (χ4n) is 2.36. The van der Waals surface area contributed by atoms with Gasteiger partial charge in [-0.3, -0.25) is 9.52 Å². The highest BCUT2D eigenvalue weighted by molar-refractivity contribution is 7.92. The zero-order chi connectivity index (χ0) is 19.4. The zero-order valence-electron chi connectivity index (χ0n) is 14.4. The van der Waals surface area contributed by atoms with Crippen molar-refractivity contribution in [2.24, 2.45) is 0 Å². The third-order valence-corrected chi connectivity index (χ3v) is 5.48. The van der Waals surface area contributed by atoms with Crippen LogP contribution in [0, 0.1) is 6.92 Å². The molecule has 2 N–H and O–H groups in total.